The van der Waals surface area contributed by atoms with Crippen molar-refractivity contribution in [1.82, 2.24) is 4.90 Å². The molecule has 0 aromatic heterocycles. The molecule has 2 atom stereocenters. The van der Waals surface area contributed by atoms with Crippen LogP contribution in [0.3, 0.4) is 0 Å². The number of nitrogens with zero attached hydrogens (tertiary/aromatic N) is 4. The van der Waals surface area contributed by atoms with Crippen LogP contribution in [0.15, 0.2) is 5.11 Å². The third kappa shape index (κ3) is 2.64. The highest BCUT2D eigenvalue weighted by Gasteiger charge is 2.41. The first kappa shape index (κ1) is 10.8. The second-order valence-corrected chi connectivity index (χ2v) is 5.17. The van der Waals surface area contributed by atoms with Crippen molar-refractivity contribution in [2.45, 2.75) is 32.7 Å². The Hall–Kier alpha value is -0.730. The Balaban J connectivity index is 1.95. The first-order valence-corrected chi connectivity index (χ1v) is 5.76. The van der Waals surface area contributed by atoms with Gasteiger partial charge in [0.25, 0.3) is 0 Å². The maximum Gasteiger partial charge on any atom is 0.0544 e. The highest BCUT2D eigenvalue weighted by atomic mass is 15.2. The minimum absolute atomic E-state index is 0.224. The fraction of sp³-hybridized carbons (Fsp3) is 0.909. The van der Waals surface area contributed by atoms with Crippen LogP contribution in [0, 0.1) is 17.8 Å². The van der Waals surface area contributed by atoms with E-state index in [1.54, 1.807) is 0 Å². The number of azide groups is 1. The van der Waals surface area contributed by atoms with Gasteiger partial charge in [-0.25, -0.2) is 0 Å². The third-order valence-corrected chi connectivity index (χ3v) is 3.38. The average Bonchev–Trinajstić information content (AvgIpc) is 2.91. The van der Waals surface area contributed by atoms with Crippen LogP contribution >= 0.6 is 0 Å². The molecule has 2 rings (SSSR count). The highest BCUT2D eigenvalue weighted by Crippen LogP contribution is 2.42. The van der Waals surface area contributed by atoms with E-state index in [1.165, 1.54) is 18.8 Å². The highest BCUT2D eigenvalue weighted by molar-refractivity contribution is 4.99. The van der Waals surface area contributed by atoms with E-state index in [9.17, 15) is 0 Å². The van der Waals surface area contributed by atoms with Crippen LogP contribution < -0.4 is 0 Å². The summed E-state index contributed by atoms with van der Waals surface area (Å²) in [6, 6.07) is 0.224. The summed E-state index contributed by atoms with van der Waals surface area (Å²) in [4.78, 5) is 5.41. The van der Waals surface area contributed by atoms with E-state index in [0.29, 0.717) is 5.92 Å². The Morgan fingerprint density at radius 1 is 1.40 bits per heavy atom. The lowest BCUT2D eigenvalue weighted by Crippen LogP contribution is -2.25. The fourth-order valence-electron chi connectivity index (χ4n) is 2.65. The topological polar surface area (TPSA) is 52.0 Å². The lowest BCUT2D eigenvalue weighted by Gasteiger charge is -2.17. The minimum atomic E-state index is 0.224. The first-order valence-electron chi connectivity index (χ1n) is 5.76. The van der Waals surface area contributed by atoms with E-state index < -0.39 is 0 Å². The molecule has 0 N–H and O–H groups in total. The molecule has 2 aliphatic rings. The predicted octanol–water partition coefficient (Wildman–Crippen LogP) is 2.62. The number of rotatable bonds is 4. The maximum atomic E-state index is 8.55. The Kier molecular flexibility index (Phi) is 3.17. The van der Waals surface area contributed by atoms with Crippen molar-refractivity contribution in [2.24, 2.45) is 17.0 Å². The lowest BCUT2D eigenvalue weighted by molar-refractivity contribution is 0.328. The summed E-state index contributed by atoms with van der Waals surface area (Å²) in [5.74, 6) is 2.90. The van der Waals surface area contributed by atoms with Crippen LogP contribution in [-0.2, 0) is 0 Å². The van der Waals surface area contributed by atoms with Crippen molar-refractivity contribution < 1.29 is 0 Å². The molecule has 0 aromatic rings. The molecule has 1 saturated carbocycles. The van der Waals surface area contributed by atoms with Gasteiger partial charge in [-0.2, -0.15) is 0 Å². The maximum absolute atomic E-state index is 8.55. The smallest absolute Gasteiger partial charge is 0.0544 e. The lowest BCUT2D eigenvalue weighted by atomic mass is 9.99. The molecule has 0 aromatic carbocycles. The summed E-state index contributed by atoms with van der Waals surface area (Å²) < 4.78 is 0. The summed E-state index contributed by atoms with van der Waals surface area (Å²) in [5, 5.41) is 3.95. The number of hydrogen-bond acceptors (Lipinski definition) is 2. The van der Waals surface area contributed by atoms with Gasteiger partial charge in [-0.15, -0.1) is 0 Å². The molecule has 1 saturated heterocycles. The molecule has 1 aliphatic carbocycles. The van der Waals surface area contributed by atoms with Crippen molar-refractivity contribution in [1.29, 1.82) is 0 Å². The second-order valence-electron chi connectivity index (χ2n) is 5.17. The van der Waals surface area contributed by atoms with Crippen molar-refractivity contribution in [3.05, 3.63) is 16.4 Å². The molecule has 0 spiro atoms. The minimum Gasteiger partial charge on any atom is -0.302 e. The van der Waals surface area contributed by atoms with E-state index in [0.717, 1.165) is 25.6 Å². The van der Waals surface area contributed by atoms with Crippen molar-refractivity contribution in [3.63, 3.8) is 0 Å². The zero-order valence-electron chi connectivity index (χ0n) is 9.56. The summed E-state index contributed by atoms with van der Waals surface area (Å²) in [7, 11) is 0. The van der Waals surface area contributed by atoms with Crippen molar-refractivity contribution in [2.75, 3.05) is 19.6 Å². The molecule has 0 bridgehead atoms. The molecule has 2 fully saturated rings. The van der Waals surface area contributed by atoms with Crippen LogP contribution in [0.4, 0.5) is 0 Å². The van der Waals surface area contributed by atoms with Gasteiger partial charge in [0.15, 0.2) is 0 Å². The van der Waals surface area contributed by atoms with Gasteiger partial charge in [0.1, 0.15) is 0 Å². The van der Waals surface area contributed by atoms with Gasteiger partial charge in [0, 0.05) is 24.5 Å². The average molecular weight is 207 g/mol. The molecule has 2 unspecified atom stereocenters. The normalized spacial score (nSPS) is 31.9. The van der Waals surface area contributed by atoms with Crippen LogP contribution in [0.25, 0.3) is 10.4 Å². The zero-order chi connectivity index (χ0) is 10.8. The van der Waals surface area contributed by atoms with Crippen LogP contribution in [0.5, 0.6) is 0 Å². The standard InChI is InChI=1S/C11H19N4/c1-8(2)5-15-6-10(9-3-4-9)11(7-15)13-14-12/h9-11H,3-7H2,1-2H3. The summed E-state index contributed by atoms with van der Waals surface area (Å²) in [6.45, 7) is 7.46. The Morgan fingerprint density at radius 2 is 2.13 bits per heavy atom. The van der Waals surface area contributed by atoms with Gasteiger partial charge in [-0.3, -0.25) is 0 Å². The predicted molar refractivity (Wildman–Crippen MR) is 60.2 cm³/mol. The number of likely N-dealkylation sites (tertiary alicyclic amines) is 1. The quantitative estimate of drug-likeness (QED) is 0.397. The van der Waals surface area contributed by atoms with E-state index in [2.05, 4.69) is 28.8 Å². The molecule has 4 heteroatoms. The number of hydrogen-bond donors (Lipinski definition) is 0. The molecular weight excluding hydrogens is 188 g/mol. The Bertz CT molecular complexity index is 266. The molecular formula is C11H19N4. The largest absolute Gasteiger partial charge is 0.302 e. The van der Waals surface area contributed by atoms with Crippen LogP contribution in [0.1, 0.15) is 26.7 Å². The zero-order valence-corrected chi connectivity index (χ0v) is 9.56. The second kappa shape index (κ2) is 4.42. The molecule has 1 heterocycles. The molecule has 15 heavy (non-hydrogen) atoms. The van der Waals surface area contributed by atoms with Gasteiger partial charge in [0.05, 0.1) is 6.04 Å². The molecule has 1 aliphatic heterocycles. The van der Waals surface area contributed by atoms with E-state index in [4.69, 9.17) is 5.53 Å². The molecule has 1 radical (unpaired) electrons. The molecule has 4 nitrogen and oxygen atoms in total. The summed E-state index contributed by atoms with van der Waals surface area (Å²) >= 11 is 0. The van der Waals surface area contributed by atoms with E-state index in [-0.39, 0.29) is 6.04 Å². The first-order chi connectivity index (χ1) is 7.20. The monoisotopic (exact) mass is 207 g/mol. The van der Waals surface area contributed by atoms with E-state index >= 15 is 0 Å². The van der Waals surface area contributed by atoms with Crippen LogP contribution in [0.2, 0.25) is 0 Å². The van der Waals surface area contributed by atoms with Crippen LogP contribution in [-0.4, -0.2) is 30.6 Å². The summed E-state index contributed by atoms with van der Waals surface area (Å²) in [5.41, 5.74) is 8.55. The third-order valence-electron chi connectivity index (χ3n) is 3.38. The van der Waals surface area contributed by atoms with Gasteiger partial charge in [0.2, 0.25) is 0 Å². The molecule has 0 amide bonds. The van der Waals surface area contributed by atoms with Crippen molar-refractivity contribution in [3.8, 4) is 0 Å². The van der Waals surface area contributed by atoms with Gasteiger partial charge < -0.3 is 4.90 Å². The van der Waals surface area contributed by atoms with Gasteiger partial charge in [-0.1, -0.05) is 19.0 Å². The SMILES string of the molecule is C[C](C)CN1CC(N=[N+]=[N-])C(C2CC2)C1. The Labute approximate surface area is 91.3 Å². The summed E-state index contributed by atoms with van der Waals surface area (Å²) in [6.07, 6.45) is 2.68. The van der Waals surface area contributed by atoms with Gasteiger partial charge in [-0.05, 0) is 36.1 Å². The van der Waals surface area contributed by atoms with Gasteiger partial charge >= 0.3 is 0 Å². The molecule has 83 valence electrons. The Morgan fingerprint density at radius 3 is 2.67 bits per heavy atom. The van der Waals surface area contributed by atoms with E-state index in [1.807, 2.05) is 0 Å². The van der Waals surface area contributed by atoms with Crippen molar-refractivity contribution >= 4 is 0 Å². The fourth-order valence-corrected chi connectivity index (χ4v) is 2.65.